The smallest absolute Gasteiger partial charge is 0.271 e. The van der Waals surface area contributed by atoms with E-state index in [2.05, 4.69) is 17.4 Å². The molecule has 0 unspecified atom stereocenters. The molecule has 1 atom stereocenters. The number of nitrogens with one attached hydrogen (secondary N) is 1. The summed E-state index contributed by atoms with van der Waals surface area (Å²) in [5, 5.41) is 4.31. The lowest BCUT2D eigenvalue weighted by Gasteiger charge is -2.44. The molecule has 0 bridgehead atoms. The molecule has 1 fully saturated rings. The highest BCUT2D eigenvalue weighted by molar-refractivity contribution is 6.03. The Morgan fingerprint density at radius 3 is 2.56 bits per heavy atom. The fraction of sp³-hybridized carbons (Fsp3) is 0.407. The van der Waals surface area contributed by atoms with Crippen LogP contribution in [0, 0.1) is 0 Å². The van der Waals surface area contributed by atoms with E-state index in [0.29, 0.717) is 18.8 Å². The van der Waals surface area contributed by atoms with Gasteiger partial charge in [0.05, 0.1) is 6.54 Å². The van der Waals surface area contributed by atoms with Crippen LogP contribution in [0.15, 0.2) is 60.7 Å². The van der Waals surface area contributed by atoms with Crippen LogP contribution < -0.4 is 5.32 Å². The van der Waals surface area contributed by atoms with Crippen LogP contribution in [0.25, 0.3) is 10.9 Å². The van der Waals surface area contributed by atoms with Crippen LogP contribution in [0.2, 0.25) is 0 Å². The van der Waals surface area contributed by atoms with Gasteiger partial charge in [0.1, 0.15) is 11.2 Å². The summed E-state index contributed by atoms with van der Waals surface area (Å²) in [5.41, 5.74) is 2.03. The maximum atomic E-state index is 13.7. The van der Waals surface area contributed by atoms with Gasteiger partial charge < -0.3 is 14.8 Å². The number of para-hydroxylation sites is 1. The highest BCUT2D eigenvalue weighted by Gasteiger charge is 2.47. The fourth-order valence-electron chi connectivity index (χ4n) is 5.35. The van der Waals surface area contributed by atoms with Crippen LogP contribution in [0.5, 0.6) is 0 Å². The first kappa shape index (κ1) is 20.8. The summed E-state index contributed by atoms with van der Waals surface area (Å²) in [4.78, 5) is 29.2. The first-order chi connectivity index (χ1) is 15.6. The molecule has 1 saturated carbocycles. The Kier molecular flexibility index (Phi) is 5.50. The van der Waals surface area contributed by atoms with E-state index in [1.165, 1.54) is 5.56 Å². The van der Waals surface area contributed by atoms with Gasteiger partial charge in [0.2, 0.25) is 5.91 Å². The van der Waals surface area contributed by atoms with E-state index in [9.17, 15) is 9.59 Å². The van der Waals surface area contributed by atoms with Crippen LogP contribution in [-0.2, 0) is 17.8 Å². The molecule has 1 aliphatic carbocycles. The molecule has 0 radical (unpaired) electrons. The van der Waals surface area contributed by atoms with Gasteiger partial charge in [-0.15, -0.1) is 0 Å². The SMILES string of the molecule is C[C@@]1(C(=O)NC2CCCC2)Cn2c(cc3ccccc32)C(=O)N1CCCc1ccccc1. The number of benzene rings is 2. The molecule has 32 heavy (non-hydrogen) atoms. The number of rotatable bonds is 6. The lowest BCUT2D eigenvalue weighted by atomic mass is 9.93. The van der Waals surface area contributed by atoms with Crippen molar-refractivity contribution in [2.75, 3.05) is 6.54 Å². The number of carbonyl (C=O) groups is 2. The third-order valence-electron chi connectivity index (χ3n) is 7.21. The maximum absolute atomic E-state index is 13.7. The van der Waals surface area contributed by atoms with Gasteiger partial charge in [0.25, 0.3) is 5.91 Å². The lowest BCUT2D eigenvalue weighted by Crippen LogP contribution is -2.64. The molecule has 0 saturated heterocycles. The summed E-state index contributed by atoms with van der Waals surface area (Å²) < 4.78 is 2.04. The monoisotopic (exact) mass is 429 g/mol. The number of aryl methyl sites for hydroxylation is 1. The number of amides is 2. The molecule has 2 heterocycles. The first-order valence-electron chi connectivity index (χ1n) is 11.8. The molecule has 2 aromatic carbocycles. The second-order valence-electron chi connectivity index (χ2n) is 9.45. The van der Waals surface area contributed by atoms with Crippen molar-refractivity contribution in [3.8, 4) is 0 Å². The molecule has 1 aromatic heterocycles. The Hall–Kier alpha value is -3.08. The Bertz CT molecular complexity index is 1130. The van der Waals surface area contributed by atoms with Gasteiger partial charge in [-0.1, -0.05) is 61.4 Å². The van der Waals surface area contributed by atoms with Crippen molar-refractivity contribution in [1.29, 1.82) is 0 Å². The summed E-state index contributed by atoms with van der Waals surface area (Å²) in [5.74, 6) is -0.0783. The second kappa shape index (κ2) is 8.45. The minimum atomic E-state index is -0.912. The number of nitrogens with zero attached hydrogens (tertiary/aromatic N) is 2. The topological polar surface area (TPSA) is 54.3 Å². The van der Waals surface area contributed by atoms with E-state index < -0.39 is 5.54 Å². The van der Waals surface area contributed by atoms with Gasteiger partial charge >= 0.3 is 0 Å². The minimum Gasteiger partial charge on any atom is -0.351 e. The second-order valence-corrected chi connectivity index (χ2v) is 9.45. The lowest BCUT2D eigenvalue weighted by molar-refractivity contribution is -0.133. The van der Waals surface area contributed by atoms with Crippen LogP contribution in [0.3, 0.4) is 0 Å². The molecule has 2 aliphatic rings. The Morgan fingerprint density at radius 1 is 1.06 bits per heavy atom. The Balaban J connectivity index is 1.45. The average Bonchev–Trinajstić information content (AvgIpc) is 3.45. The van der Waals surface area contributed by atoms with Gasteiger partial charge in [-0.05, 0) is 50.3 Å². The molecule has 5 nitrogen and oxygen atoms in total. The third kappa shape index (κ3) is 3.70. The van der Waals surface area contributed by atoms with Crippen molar-refractivity contribution >= 4 is 22.7 Å². The normalized spacial score (nSPS) is 21.2. The highest BCUT2D eigenvalue weighted by Crippen LogP contribution is 2.33. The number of carbonyl (C=O) groups excluding carboxylic acids is 2. The fourth-order valence-corrected chi connectivity index (χ4v) is 5.35. The standard InChI is InChI=1S/C27H31N3O2/c1-27(26(32)28-22-14-6-7-15-22)19-29-23-16-8-5-13-21(23)18-24(29)25(31)30(27)17-9-12-20-10-3-2-4-11-20/h2-5,8,10-11,13,16,18,22H,6-7,9,12,14-15,17,19H2,1H3,(H,28,32)/t27-/m0/s1. The molecule has 1 N–H and O–H groups in total. The van der Waals surface area contributed by atoms with Crippen molar-refractivity contribution in [2.24, 2.45) is 0 Å². The molecule has 5 rings (SSSR count). The molecule has 0 spiro atoms. The predicted octanol–water partition coefficient (Wildman–Crippen LogP) is 4.55. The predicted molar refractivity (Wildman–Crippen MR) is 127 cm³/mol. The van der Waals surface area contributed by atoms with Gasteiger partial charge in [-0.2, -0.15) is 0 Å². The van der Waals surface area contributed by atoms with Gasteiger partial charge in [-0.25, -0.2) is 0 Å². The van der Waals surface area contributed by atoms with Crippen molar-refractivity contribution in [3.05, 3.63) is 71.9 Å². The molecule has 3 aromatic rings. The number of aromatic nitrogens is 1. The van der Waals surface area contributed by atoms with Gasteiger partial charge in [0, 0.05) is 23.5 Å². The van der Waals surface area contributed by atoms with Crippen molar-refractivity contribution in [1.82, 2.24) is 14.8 Å². The zero-order valence-corrected chi connectivity index (χ0v) is 18.7. The van der Waals surface area contributed by atoms with E-state index in [0.717, 1.165) is 49.4 Å². The Labute approximate surface area is 189 Å². The summed E-state index contributed by atoms with van der Waals surface area (Å²) in [6.45, 7) is 2.98. The van der Waals surface area contributed by atoms with E-state index in [1.807, 2.05) is 64.9 Å². The van der Waals surface area contributed by atoms with Crippen molar-refractivity contribution in [2.45, 2.75) is 63.6 Å². The zero-order chi connectivity index (χ0) is 22.1. The minimum absolute atomic E-state index is 0.0270. The third-order valence-corrected chi connectivity index (χ3v) is 7.21. The number of hydrogen-bond acceptors (Lipinski definition) is 2. The van der Waals surface area contributed by atoms with E-state index in [1.54, 1.807) is 0 Å². The summed E-state index contributed by atoms with van der Waals surface area (Å²) in [6, 6.07) is 20.6. The molecule has 166 valence electrons. The van der Waals surface area contributed by atoms with E-state index in [4.69, 9.17) is 0 Å². The van der Waals surface area contributed by atoms with Crippen LogP contribution in [0.4, 0.5) is 0 Å². The maximum Gasteiger partial charge on any atom is 0.271 e. The Morgan fingerprint density at radius 2 is 1.78 bits per heavy atom. The molecule has 5 heteroatoms. The van der Waals surface area contributed by atoms with Crippen molar-refractivity contribution < 1.29 is 9.59 Å². The zero-order valence-electron chi connectivity index (χ0n) is 18.7. The largest absolute Gasteiger partial charge is 0.351 e. The summed E-state index contributed by atoms with van der Waals surface area (Å²) >= 11 is 0. The summed E-state index contributed by atoms with van der Waals surface area (Å²) in [7, 11) is 0. The molecule has 1 aliphatic heterocycles. The first-order valence-corrected chi connectivity index (χ1v) is 11.8. The van der Waals surface area contributed by atoms with E-state index >= 15 is 0 Å². The van der Waals surface area contributed by atoms with Crippen LogP contribution >= 0.6 is 0 Å². The molecular weight excluding hydrogens is 398 g/mol. The number of fused-ring (bicyclic) bond motifs is 3. The van der Waals surface area contributed by atoms with Crippen molar-refractivity contribution in [3.63, 3.8) is 0 Å². The van der Waals surface area contributed by atoms with Gasteiger partial charge in [0.15, 0.2) is 0 Å². The quantitative estimate of drug-likeness (QED) is 0.625. The van der Waals surface area contributed by atoms with Gasteiger partial charge in [-0.3, -0.25) is 9.59 Å². The molecular formula is C27H31N3O2. The highest BCUT2D eigenvalue weighted by atomic mass is 16.2. The average molecular weight is 430 g/mol. The number of hydrogen-bond donors (Lipinski definition) is 1. The van der Waals surface area contributed by atoms with Crippen LogP contribution in [0.1, 0.15) is 55.1 Å². The van der Waals surface area contributed by atoms with Crippen LogP contribution in [-0.4, -0.2) is 39.4 Å². The summed E-state index contributed by atoms with van der Waals surface area (Å²) in [6.07, 6.45) is 6.08. The molecule has 2 amide bonds. The van der Waals surface area contributed by atoms with E-state index in [-0.39, 0.29) is 17.9 Å².